The summed E-state index contributed by atoms with van der Waals surface area (Å²) in [5.74, 6) is 5.51. The van der Waals surface area contributed by atoms with Crippen molar-refractivity contribution in [1.82, 2.24) is 4.90 Å². The normalized spacial score (nSPS) is 31.7. The van der Waals surface area contributed by atoms with E-state index >= 15 is 0 Å². The Morgan fingerprint density at radius 3 is 2.02 bits per heavy atom. The van der Waals surface area contributed by atoms with Crippen molar-refractivity contribution >= 4 is 0 Å². The molecule has 4 heteroatoms. The minimum absolute atomic E-state index is 0.353. The van der Waals surface area contributed by atoms with Crippen LogP contribution in [0.1, 0.15) is 183 Å². The quantitative estimate of drug-likeness (QED) is 0.0659. The molecule has 9 atom stereocenters. The lowest BCUT2D eigenvalue weighted by atomic mass is 9.47. The maximum atomic E-state index is 6.57. The zero-order chi connectivity index (χ0) is 36.7. The van der Waals surface area contributed by atoms with E-state index in [0.29, 0.717) is 23.0 Å². The molecule has 0 aromatic heterocycles. The number of rotatable bonds is 26. The van der Waals surface area contributed by atoms with Gasteiger partial charge in [-0.25, -0.2) is 0 Å². The van der Waals surface area contributed by atoms with Crippen molar-refractivity contribution in [3.8, 4) is 0 Å². The third kappa shape index (κ3) is 12.5. The molecule has 3 saturated carbocycles. The second-order valence-corrected chi connectivity index (χ2v) is 19.3. The first-order valence-corrected chi connectivity index (χ1v) is 22.7. The van der Waals surface area contributed by atoms with Gasteiger partial charge >= 0.3 is 0 Å². The van der Waals surface area contributed by atoms with E-state index in [1.165, 1.54) is 141 Å². The van der Waals surface area contributed by atoms with Crippen LogP contribution in [0.25, 0.3) is 0 Å². The molecule has 4 aliphatic rings. The Morgan fingerprint density at radius 2 is 1.37 bits per heavy atom. The predicted molar refractivity (Wildman–Crippen MR) is 218 cm³/mol. The summed E-state index contributed by atoms with van der Waals surface area (Å²) >= 11 is 0. The molecule has 51 heavy (non-hydrogen) atoms. The van der Waals surface area contributed by atoms with Crippen LogP contribution >= 0.6 is 0 Å². The minimum Gasteiger partial charge on any atom is -0.380 e. The van der Waals surface area contributed by atoms with Crippen LogP contribution in [0.2, 0.25) is 0 Å². The Balaban J connectivity index is 1.06. The minimum atomic E-state index is 0.353. The van der Waals surface area contributed by atoms with E-state index in [1.54, 1.807) is 5.57 Å². The number of allylic oxidation sites excluding steroid dienone is 1. The average molecular weight is 714 g/mol. The van der Waals surface area contributed by atoms with E-state index in [1.807, 2.05) is 0 Å². The van der Waals surface area contributed by atoms with Gasteiger partial charge in [-0.05, 0) is 131 Å². The Kier molecular flexibility index (Phi) is 18.9. The van der Waals surface area contributed by atoms with Crippen molar-refractivity contribution < 1.29 is 14.2 Å². The van der Waals surface area contributed by atoms with Gasteiger partial charge in [-0.3, -0.25) is 0 Å². The molecule has 4 rings (SSSR count). The zero-order valence-corrected chi connectivity index (χ0v) is 35.5. The van der Waals surface area contributed by atoms with Crippen LogP contribution < -0.4 is 0 Å². The summed E-state index contributed by atoms with van der Waals surface area (Å²) in [6, 6.07) is 0.353. The molecule has 0 bridgehead atoms. The number of nitrogens with zero attached hydrogens (tertiary/aromatic N) is 1. The van der Waals surface area contributed by atoms with E-state index in [9.17, 15) is 0 Å². The van der Waals surface area contributed by atoms with Gasteiger partial charge in [0.2, 0.25) is 0 Å². The fourth-order valence-corrected chi connectivity index (χ4v) is 11.7. The molecule has 0 N–H and O–H groups in total. The van der Waals surface area contributed by atoms with Crippen LogP contribution in [0.5, 0.6) is 0 Å². The topological polar surface area (TPSA) is 30.9 Å². The lowest BCUT2D eigenvalue weighted by Gasteiger charge is -2.58. The first kappa shape index (κ1) is 43.3. The third-order valence-electron chi connectivity index (χ3n) is 15.0. The van der Waals surface area contributed by atoms with Gasteiger partial charge in [0.05, 0.1) is 25.4 Å². The molecule has 0 aromatic carbocycles. The maximum absolute atomic E-state index is 6.57. The lowest BCUT2D eigenvalue weighted by Crippen LogP contribution is -2.51. The maximum Gasteiger partial charge on any atom is 0.0644 e. The Morgan fingerprint density at radius 1 is 0.725 bits per heavy atom. The number of likely N-dealkylation sites (N-methyl/N-ethyl adjacent to an activating group) is 1. The van der Waals surface area contributed by atoms with Crippen LogP contribution in [0.15, 0.2) is 11.6 Å². The van der Waals surface area contributed by atoms with Gasteiger partial charge in [0.15, 0.2) is 0 Å². The molecule has 4 aliphatic carbocycles. The van der Waals surface area contributed by atoms with E-state index in [4.69, 9.17) is 14.2 Å². The molecule has 0 heterocycles. The summed E-state index contributed by atoms with van der Waals surface area (Å²) in [7, 11) is 4.28. The fourth-order valence-electron chi connectivity index (χ4n) is 11.7. The van der Waals surface area contributed by atoms with E-state index in [0.717, 1.165) is 68.5 Å². The van der Waals surface area contributed by atoms with E-state index in [-0.39, 0.29) is 0 Å². The summed E-state index contributed by atoms with van der Waals surface area (Å²) in [6.07, 6.45) is 32.7. The molecule has 0 radical (unpaired) electrons. The van der Waals surface area contributed by atoms with Gasteiger partial charge < -0.3 is 19.1 Å². The molecule has 0 spiro atoms. The zero-order valence-electron chi connectivity index (χ0n) is 35.5. The van der Waals surface area contributed by atoms with Crippen molar-refractivity contribution in [2.24, 2.45) is 46.3 Å². The molecule has 0 saturated heterocycles. The van der Waals surface area contributed by atoms with Crippen molar-refractivity contribution in [3.05, 3.63) is 11.6 Å². The molecular formula is C47H87NO3. The molecule has 3 fully saturated rings. The predicted octanol–water partition coefficient (Wildman–Crippen LogP) is 12.7. The van der Waals surface area contributed by atoms with Gasteiger partial charge in [-0.1, -0.05) is 124 Å². The summed E-state index contributed by atoms with van der Waals surface area (Å²) in [4.78, 5) is 2.25. The molecule has 0 amide bonds. The molecule has 0 aliphatic heterocycles. The van der Waals surface area contributed by atoms with Crippen LogP contribution in [-0.2, 0) is 14.2 Å². The molecule has 3 unspecified atom stereocenters. The van der Waals surface area contributed by atoms with Crippen molar-refractivity contribution in [1.29, 1.82) is 0 Å². The molecule has 4 nitrogen and oxygen atoms in total. The monoisotopic (exact) mass is 714 g/mol. The first-order chi connectivity index (χ1) is 24.6. The van der Waals surface area contributed by atoms with Crippen LogP contribution in [0.4, 0.5) is 0 Å². The van der Waals surface area contributed by atoms with Crippen molar-refractivity contribution in [3.63, 3.8) is 0 Å². The smallest absolute Gasteiger partial charge is 0.0644 e. The number of hydrogen-bond acceptors (Lipinski definition) is 4. The lowest BCUT2D eigenvalue weighted by molar-refractivity contribution is -0.0641. The summed E-state index contributed by atoms with van der Waals surface area (Å²) in [5.41, 5.74) is 2.81. The first-order valence-electron chi connectivity index (χ1n) is 22.7. The second kappa shape index (κ2) is 22.2. The number of hydrogen-bond donors (Lipinski definition) is 0. The molecule has 298 valence electrons. The van der Waals surface area contributed by atoms with Gasteiger partial charge in [0, 0.05) is 19.8 Å². The summed E-state index contributed by atoms with van der Waals surface area (Å²) < 4.78 is 18.6. The standard InChI is InChI=1S/C47H87NO3/c1-9-10-11-14-17-31-49-35-40(48(7)8)36-50-32-18-15-12-13-16-19-33-51-41-27-29-46(5)39(34-41)23-24-42-44-26-25-43(38(4)22-20-21-37(2)3)47(44,6)30-28-45(42)46/h23,37-38,40-45H,9-22,24-36H2,1-8H3/t38-,40-,41+,42?,43-,44?,45?,46+,47-/m1/s1. The highest BCUT2D eigenvalue weighted by Crippen LogP contribution is 2.67. The van der Waals surface area contributed by atoms with Gasteiger partial charge in [0.1, 0.15) is 0 Å². The van der Waals surface area contributed by atoms with Gasteiger partial charge in [-0.15, -0.1) is 0 Å². The number of fused-ring (bicyclic) bond motifs is 5. The highest BCUT2D eigenvalue weighted by molar-refractivity contribution is 5.25. The van der Waals surface area contributed by atoms with Gasteiger partial charge in [-0.2, -0.15) is 0 Å². The molecular weight excluding hydrogens is 627 g/mol. The van der Waals surface area contributed by atoms with Crippen molar-refractivity contribution in [2.75, 3.05) is 47.1 Å². The highest BCUT2D eigenvalue weighted by Gasteiger charge is 2.59. The Bertz CT molecular complexity index is 979. The Hall–Kier alpha value is -0.420. The molecule has 0 aromatic rings. The third-order valence-corrected chi connectivity index (χ3v) is 15.0. The fraction of sp³-hybridized carbons (Fsp3) is 0.957. The highest BCUT2D eigenvalue weighted by atomic mass is 16.5. The van der Waals surface area contributed by atoms with Gasteiger partial charge in [0.25, 0.3) is 0 Å². The number of unbranched alkanes of at least 4 members (excludes halogenated alkanes) is 9. The van der Waals surface area contributed by atoms with E-state index < -0.39 is 0 Å². The largest absolute Gasteiger partial charge is 0.380 e. The Labute approximate surface area is 318 Å². The SMILES string of the molecule is CCCCCCCOC[C@H](COCCCCCCCCO[C@H]1CC[C@@]2(C)C(=CCC3C2CC[C@@]2(C)C3CC[C@@H]2[C@H](C)CCCC(C)C)C1)N(C)C. The van der Waals surface area contributed by atoms with Crippen LogP contribution in [0, 0.1) is 46.3 Å². The second-order valence-electron chi connectivity index (χ2n) is 19.3. The number of ether oxygens (including phenoxy) is 3. The van der Waals surface area contributed by atoms with Crippen LogP contribution in [0.3, 0.4) is 0 Å². The average Bonchev–Trinajstić information content (AvgIpc) is 3.46. The van der Waals surface area contributed by atoms with Crippen molar-refractivity contribution in [2.45, 2.75) is 195 Å². The summed E-state index contributed by atoms with van der Waals surface area (Å²) in [6.45, 7) is 19.3. The van der Waals surface area contributed by atoms with Crippen LogP contribution in [-0.4, -0.2) is 64.2 Å². The van der Waals surface area contributed by atoms with E-state index in [2.05, 4.69) is 66.6 Å². The summed E-state index contributed by atoms with van der Waals surface area (Å²) in [5, 5.41) is 0.